The SMILES string of the molecule is Cc1ccc(OCC(=O)N2CCC(C(=O)Nc3cccc(F)c3)CC2)cc1. The molecule has 2 aromatic carbocycles. The molecule has 1 aliphatic rings. The number of piperidine rings is 1. The highest BCUT2D eigenvalue weighted by Gasteiger charge is 2.27. The van der Waals surface area contributed by atoms with Crippen LogP contribution in [0, 0.1) is 18.7 Å². The van der Waals surface area contributed by atoms with Crippen molar-refractivity contribution < 1.29 is 18.7 Å². The van der Waals surface area contributed by atoms with E-state index in [4.69, 9.17) is 4.74 Å². The highest BCUT2D eigenvalue weighted by atomic mass is 19.1. The van der Waals surface area contributed by atoms with Gasteiger partial charge in [-0.2, -0.15) is 0 Å². The first-order valence-corrected chi connectivity index (χ1v) is 9.05. The second kappa shape index (κ2) is 8.66. The molecule has 0 atom stereocenters. The standard InChI is InChI=1S/C21H23FN2O3/c1-15-5-7-19(8-6-15)27-14-20(25)24-11-9-16(10-12-24)21(26)23-18-4-2-3-17(22)13-18/h2-8,13,16H,9-12,14H2,1H3,(H,23,26). The van der Waals surface area contributed by atoms with Gasteiger partial charge in [-0.3, -0.25) is 9.59 Å². The Bertz CT molecular complexity index is 799. The summed E-state index contributed by atoms with van der Waals surface area (Å²) in [6, 6.07) is 13.4. The summed E-state index contributed by atoms with van der Waals surface area (Å²) in [5.41, 5.74) is 1.58. The molecule has 1 aliphatic heterocycles. The van der Waals surface area contributed by atoms with Gasteiger partial charge in [0.1, 0.15) is 11.6 Å². The van der Waals surface area contributed by atoms with Crippen LogP contribution in [0.4, 0.5) is 10.1 Å². The molecule has 0 aromatic heterocycles. The second-order valence-electron chi connectivity index (χ2n) is 6.76. The number of amides is 2. The molecule has 1 saturated heterocycles. The van der Waals surface area contributed by atoms with E-state index in [2.05, 4.69) is 5.32 Å². The third-order valence-corrected chi connectivity index (χ3v) is 4.69. The fourth-order valence-corrected chi connectivity index (χ4v) is 3.07. The van der Waals surface area contributed by atoms with E-state index in [1.165, 1.54) is 12.1 Å². The topological polar surface area (TPSA) is 58.6 Å². The number of hydrogen-bond donors (Lipinski definition) is 1. The first-order chi connectivity index (χ1) is 13.0. The van der Waals surface area contributed by atoms with Crippen LogP contribution in [0.15, 0.2) is 48.5 Å². The molecule has 0 aliphatic carbocycles. The van der Waals surface area contributed by atoms with Gasteiger partial charge in [0, 0.05) is 24.7 Å². The minimum absolute atomic E-state index is 0.0107. The normalized spacial score (nSPS) is 14.7. The van der Waals surface area contributed by atoms with Gasteiger partial charge in [-0.15, -0.1) is 0 Å². The van der Waals surface area contributed by atoms with Gasteiger partial charge < -0.3 is 15.0 Å². The lowest BCUT2D eigenvalue weighted by Gasteiger charge is -2.31. The molecule has 3 rings (SSSR count). The second-order valence-corrected chi connectivity index (χ2v) is 6.76. The molecule has 0 radical (unpaired) electrons. The largest absolute Gasteiger partial charge is 0.484 e. The first-order valence-electron chi connectivity index (χ1n) is 9.05. The zero-order valence-corrected chi connectivity index (χ0v) is 15.3. The van der Waals surface area contributed by atoms with Crippen LogP contribution >= 0.6 is 0 Å². The van der Waals surface area contributed by atoms with E-state index in [1.54, 1.807) is 17.0 Å². The van der Waals surface area contributed by atoms with Gasteiger partial charge in [-0.25, -0.2) is 4.39 Å². The Kier molecular flexibility index (Phi) is 6.06. The van der Waals surface area contributed by atoms with Crippen molar-refractivity contribution in [3.63, 3.8) is 0 Å². The molecule has 0 saturated carbocycles. The van der Waals surface area contributed by atoms with E-state index >= 15 is 0 Å². The number of aryl methyl sites for hydroxylation is 1. The number of rotatable bonds is 5. The average Bonchev–Trinajstić information content (AvgIpc) is 2.67. The van der Waals surface area contributed by atoms with Gasteiger partial charge in [0.25, 0.3) is 5.91 Å². The third kappa shape index (κ3) is 5.29. The molecule has 1 N–H and O–H groups in total. The Morgan fingerprint density at radius 3 is 2.52 bits per heavy atom. The highest BCUT2D eigenvalue weighted by molar-refractivity contribution is 5.92. The average molecular weight is 370 g/mol. The molecule has 0 unspecified atom stereocenters. The van der Waals surface area contributed by atoms with Crippen LogP contribution < -0.4 is 10.1 Å². The maximum Gasteiger partial charge on any atom is 0.260 e. The minimum atomic E-state index is -0.387. The maximum atomic E-state index is 13.2. The van der Waals surface area contributed by atoms with E-state index < -0.39 is 0 Å². The van der Waals surface area contributed by atoms with Crippen molar-refractivity contribution in [1.29, 1.82) is 0 Å². The number of halogens is 1. The number of nitrogens with zero attached hydrogens (tertiary/aromatic N) is 1. The number of ether oxygens (including phenoxy) is 1. The smallest absolute Gasteiger partial charge is 0.260 e. The Morgan fingerprint density at radius 2 is 1.85 bits per heavy atom. The molecule has 1 fully saturated rings. The quantitative estimate of drug-likeness (QED) is 0.878. The van der Waals surface area contributed by atoms with Crippen molar-refractivity contribution in [2.75, 3.05) is 25.0 Å². The fourth-order valence-electron chi connectivity index (χ4n) is 3.07. The monoisotopic (exact) mass is 370 g/mol. The van der Waals surface area contributed by atoms with Crippen molar-refractivity contribution in [1.82, 2.24) is 4.90 Å². The Morgan fingerprint density at radius 1 is 1.15 bits per heavy atom. The summed E-state index contributed by atoms with van der Waals surface area (Å²) in [5.74, 6) is -0.126. The third-order valence-electron chi connectivity index (χ3n) is 4.69. The lowest BCUT2D eigenvalue weighted by atomic mass is 9.95. The van der Waals surface area contributed by atoms with Crippen LogP contribution in [0.5, 0.6) is 5.75 Å². The van der Waals surface area contributed by atoms with Gasteiger partial charge in [0.15, 0.2) is 6.61 Å². The van der Waals surface area contributed by atoms with E-state index in [0.717, 1.165) is 5.56 Å². The van der Waals surface area contributed by atoms with E-state index in [1.807, 2.05) is 31.2 Å². The van der Waals surface area contributed by atoms with E-state index in [9.17, 15) is 14.0 Å². The van der Waals surface area contributed by atoms with Gasteiger partial charge in [-0.1, -0.05) is 23.8 Å². The van der Waals surface area contributed by atoms with Crippen LogP contribution in [0.1, 0.15) is 18.4 Å². The van der Waals surface area contributed by atoms with Crippen LogP contribution in [0.25, 0.3) is 0 Å². The molecule has 2 aromatic rings. The summed E-state index contributed by atoms with van der Waals surface area (Å²) in [6.07, 6.45) is 1.16. The molecular formula is C21H23FN2O3. The number of hydrogen-bond acceptors (Lipinski definition) is 3. The molecule has 0 bridgehead atoms. The predicted octanol–water partition coefficient (Wildman–Crippen LogP) is 3.39. The zero-order chi connectivity index (χ0) is 19.2. The van der Waals surface area contributed by atoms with Crippen molar-refractivity contribution in [3.05, 3.63) is 59.9 Å². The zero-order valence-electron chi connectivity index (χ0n) is 15.3. The Balaban J connectivity index is 1.44. The van der Waals surface area contributed by atoms with E-state index in [-0.39, 0.29) is 30.2 Å². The van der Waals surface area contributed by atoms with Gasteiger partial charge in [-0.05, 0) is 50.1 Å². The molecule has 142 valence electrons. The van der Waals surface area contributed by atoms with Crippen LogP contribution in [-0.2, 0) is 9.59 Å². The molecular weight excluding hydrogens is 347 g/mol. The number of anilines is 1. The molecule has 2 amide bonds. The summed E-state index contributed by atoms with van der Waals surface area (Å²) in [6.45, 7) is 3.00. The van der Waals surface area contributed by atoms with Crippen molar-refractivity contribution in [2.45, 2.75) is 19.8 Å². The fraction of sp³-hybridized carbons (Fsp3) is 0.333. The summed E-state index contributed by atoms with van der Waals surface area (Å²) in [4.78, 5) is 26.4. The van der Waals surface area contributed by atoms with Crippen LogP contribution in [0.2, 0.25) is 0 Å². The Labute approximate surface area is 158 Å². The number of likely N-dealkylation sites (tertiary alicyclic amines) is 1. The summed E-state index contributed by atoms with van der Waals surface area (Å²) in [5, 5.41) is 2.74. The number of nitrogens with one attached hydrogen (secondary N) is 1. The lowest BCUT2D eigenvalue weighted by molar-refractivity contribution is -0.136. The molecule has 0 spiro atoms. The predicted molar refractivity (Wildman–Crippen MR) is 101 cm³/mol. The summed E-state index contributed by atoms with van der Waals surface area (Å²) >= 11 is 0. The number of carbonyl (C=O) groups is 2. The van der Waals surface area contributed by atoms with Gasteiger partial charge >= 0.3 is 0 Å². The lowest BCUT2D eigenvalue weighted by Crippen LogP contribution is -2.43. The molecule has 5 nitrogen and oxygen atoms in total. The van der Waals surface area contributed by atoms with Crippen molar-refractivity contribution >= 4 is 17.5 Å². The van der Waals surface area contributed by atoms with Crippen LogP contribution in [-0.4, -0.2) is 36.4 Å². The highest BCUT2D eigenvalue weighted by Crippen LogP contribution is 2.20. The molecule has 27 heavy (non-hydrogen) atoms. The number of benzene rings is 2. The molecule has 6 heteroatoms. The van der Waals surface area contributed by atoms with Crippen molar-refractivity contribution in [2.24, 2.45) is 5.92 Å². The van der Waals surface area contributed by atoms with E-state index in [0.29, 0.717) is 37.4 Å². The molecule has 1 heterocycles. The van der Waals surface area contributed by atoms with Crippen molar-refractivity contribution in [3.8, 4) is 5.75 Å². The first kappa shape index (κ1) is 18.9. The number of carbonyl (C=O) groups excluding carboxylic acids is 2. The Hall–Kier alpha value is -2.89. The summed E-state index contributed by atoms with van der Waals surface area (Å²) in [7, 11) is 0. The minimum Gasteiger partial charge on any atom is -0.484 e. The van der Waals surface area contributed by atoms with Gasteiger partial charge in [0.05, 0.1) is 0 Å². The summed E-state index contributed by atoms with van der Waals surface area (Å²) < 4.78 is 18.7. The maximum absolute atomic E-state index is 13.2. The van der Waals surface area contributed by atoms with Gasteiger partial charge in [0.2, 0.25) is 5.91 Å². The van der Waals surface area contributed by atoms with Crippen LogP contribution in [0.3, 0.4) is 0 Å².